The van der Waals surface area contributed by atoms with Crippen LogP contribution in [0.1, 0.15) is 17.2 Å². The third-order valence-electron chi connectivity index (χ3n) is 5.40. The van der Waals surface area contributed by atoms with Crippen LogP contribution in [-0.2, 0) is 11.3 Å². The van der Waals surface area contributed by atoms with Crippen LogP contribution in [0.25, 0.3) is 16.9 Å². The van der Waals surface area contributed by atoms with Crippen molar-refractivity contribution in [3.05, 3.63) is 84.2 Å². The lowest BCUT2D eigenvalue weighted by atomic mass is 10.1. The number of hydrogen-bond acceptors (Lipinski definition) is 5. The van der Waals surface area contributed by atoms with E-state index in [9.17, 15) is 4.79 Å². The van der Waals surface area contributed by atoms with E-state index in [2.05, 4.69) is 20.9 Å². The zero-order valence-corrected chi connectivity index (χ0v) is 17.5. The minimum Gasteiger partial charge on any atom is -0.371 e. The van der Waals surface area contributed by atoms with E-state index in [1.54, 1.807) is 10.7 Å². The molecule has 1 aliphatic rings. The first kappa shape index (κ1) is 20.2. The summed E-state index contributed by atoms with van der Waals surface area (Å²) in [5.74, 6) is 0. The minimum absolute atomic E-state index is 0.0651. The van der Waals surface area contributed by atoms with E-state index in [1.165, 1.54) is 0 Å². The van der Waals surface area contributed by atoms with E-state index in [4.69, 9.17) is 9.84 Å². The SMILES string of the molecule is O=C(NCc1ccccc1)Nc1ccc(-c2cc(C3CNCCO3)c3nccn3n2)cc1. The maximum Gasteiger partial charge on any atom is 0.319 e. The van der Waals surface area contributed by atoms with Crippen LogP contribution in [0, 0.1) is 0 Å². The molecule has 5 rings (SSSR count). The van der Waals surface area contributed by atoms with E-state index < -0.39 is 0 Å². The highest BCUT2D eigenvalue weighted by atomic mass is 16.5. The summed E-state index contributed by atoms with van der Waals surface area (Å²) in [4.78, 5) is 16.7. The lowest BCUT2D eigenvalue weighted by Crippen LogP contribution is -2.33. The summed E-state index contributed by atoms with van der Waals surface area (Å²) in [7, 11) is 0. The number of aromatic nitrogens is 3. The van der Waals surface area contributed by atoms with Crippen molar-refractivity contribution in [3.8, 4) is 11.3 Å². The Kier molecular flexibility index (Phi) is 5.78. The maximum atomic E-state index is 12.2. The monoisotopic (exact) mass is 428 g/mol. The number of benzene rings is 2. The number of ether oxygens (including phenoxy) is 1. The van der Waals surface area contributed by atoms with Crippen molar-refractivity contribution in [1.29, 1.82) is 0 Å². The summed E-state index contributed by atoms with van der Waals surface area (Å²) in [6.07, 6.45) is 3.52. The van der Waals surface area contributed by atoms with Crippen molar-refractivity contribution in [2.75, 3.05) is 25.0 Å². The number of rotatable bonds is 5. The van der Waals surface area contributed by atoms with Crippen LogP contribution in [0.15, 0.2) is 73.1 Å². The largest absolute Gasteiger partial charge is 0.371 e. The van der Waals surface area contributed by atoms with E-state index in [0.29, 0.717) is 18.8 Å². The number of nitrogens with zero attached hydrogens (tertiary/aromatic N) is 3. The molecule has 0 saturated carbocycles. The van der Waals surface area contributed by atoms with Gasteiger partial charge >= 0.3 is 6.03 Å². The second kappa shape index (κ2) is 9.17. The number of imidazole rings is 1. The van der Waals surface area contributed by atoms with E-state index in [1.807, 2.05) is 66.9 Å². The zero-order chi connectivity index (χ0) is 21.8. The van der Waals surface area contributed by atoms with Gasteiger partial charge in [-0.3, -0.25) is 0 Å². The average Bonchev–Trinajstić information content (AvgIpc) is 3.33. The molecule has 0 radical (unpaired) electrons. The van der Waals surface area contributed by atoms with Crippen LogP contribution in [-0.4, -0.2) is 40.3 Å². The predicted octanol–water partition coefficient (Wildman–Crippen LogP) is 3.38. The summed E-state index contributed by atoms with van der Waals surface area (Å²) in [6.45, 7) is 2.74. The van der Waals surface area contributed by atoms with Crippen LogP contribution in [0.2, 0.25) is 0 Å². The highest BCUT2D eigenvalue weighted by Crippen LogP contribution is 2.27. The molecule has 32 heavy (non-hydrogen) atoms. The van der Waals surface area contributed by atoms with Gasteiger partial charge in [0.2, 0.25) is 0 Å². The Morgan fingerprint density at radius 2 is 2.00 bits per heavy atom. The van der Waals surface area contributed by atoms with Crippen LogP contribution >= 0.6 is 0 Å². The van der Waals surface area contributed by atoms with Gasteiger partial charge in [-0.2, -0.15) is 5.10 Å². The Bertz CT molecular complexity index is 1200. The Morgan fingerprint density at radius 1 is 1.16 bits per heavy atom. The quantitative estimate of drug-likeness (QED) is 0.453. The molecule has 1 aliphatic heterocycles. The van der Waals surface area contributed by atoms with Crippen molar-refractivity contribution >= 4 is 17.4 Å². The Balaban J connectivity index is 1.31. The number of hydrogen-bond donors (Lipinski definition) is 3. The number of morpholine rings is 1. The second-order valence-electron chi connectivity index (χ2n) is 7.61. The summed E-state index contributed by atoms with van der Waals surface area (Å²) >= 11 is 0. The fraction of sp³-hybridized carbons (Fsp3) is 0.208. The van der Waals surface area contributed by atoms with Crippen LogP contribution in [0.5, 0.6) is 0 Å². The maximum absolute atomic E-state index is 12.2. The number of nitrogens with one attached hydrogen (secondary N) is 3. The number of anilines is 1. The van der Waals surface area contributed by atoms with Gasteiger partial charge in [0.1, 0.15) is 0 Å². The topological polar surface area (TPSA) is 92.6 Å². The molecule has 3 heterocycles. The Labute approximate surface area is 185 Å². The first-order chi connectivity index (χ1) is 15.8. The van der Waals surface area contributed by atoms with Crippen LogP contribution in [0.4, 0.5) is 10.5 Å². The van der Waals surface area contributed by atoms with Gasteiger partial charge in [0.05, 0.1) is 18.4 Å². The summed E-state index contributed by atoms with van der Waals surface area (Å²) in [5, 5.41) is 13.8. The van der Waals surface area contributed by atoms with Gasteiger partial charge in [0.25, 0.3) is 0 Å². The van der Waals surface area contributed by atoms with Crippen molar-refractivity contribution in [3.63, 3.8) is 0 Å². The predicted molar refractivity (Wildman–Crippen MR) is 122 cm³/mol. The van der Waals surface area contributed by atoms with Crippen molar-refractivity contribution in [1.82, 2.24) is 25.2 Å². The van der Waals surface area contributed by atoms with E-state index in [0.717, 1.165) is 41.1 Å². The zero-order valence-electron chi connectivity index (χ0n) is 17.5. The molecule has 1 saturated heterocycles. The summed E-state index contributed by atoms with van der Waals surface area (Å²) in [5.41, 5.74) is 5.33. The molecule has 1 fully saturated rings. The lowest BCUT2D eigenvalue weighted by molar-refractivity contribution is 0.0282. The minimum atomic E-state index is -0.246. The van der Waals surface area contributed by atoms with Crippen LogP contribution in [0.3, 0.4) is 0 Å². The van der Waals surface area contributed by atoms with Gasteiger partial charge in [-0.1, -0.05) is 42.5 Å². The van der Waals surface area contributed by atoms with Gasteiger partial charge in [-0.15, -0.1) is 0 Å². The molecule has 8 heteroatoms. The van der Waals surface area contributed by atoms with Crippen molar-refractivity contribution in [2.45, 2.75) is 12.6 Å². The lowest BCUT2D eigenvalue weighted by Gasteiger charge is -2.24. The summed E-state index contributed by atoms with van der Waals surface area (Å²) < 4.78 is 7.74. The van der Waals surface area contributed by atoms with Gasteiger partial charge in [0.15, 0.2) is 5.65 Å². The van der Waals surface area contributed by atoms with Crippen molar-refractivity contribution in [2.24, 2.45) is 0 Å². The molecular formula is C24H24N6O2. The van der Waals surface area contributed by atoms with Crippen molar-refractivity contribution < 1.29 is 9.53 Å². The molecule has 1 unspecified atom stereocenters. The third kappa shape index (κ3) is 4.46. The first-order valence-corrected chi connectivity index (χ1v) is 10.6. The molecule has 0 spiro atoms. The Morgan fingerprint density at radius 3 is 2.78 bits per heavy atom. The molecule has 2 amide bonds. The molecule has 0 aliphatic carbocycles. The molecule has 2 aromatic heterocycles. The second-order valence-corrected chi connectivity index (χ2v) is 7.61. The number of amides is 2. The van der Waals surface area contributed by atoms with Gasteiger partial charge in [0, 0.05) is 48.8 Å². The molecule has 162 valence electrons. The summed E-state index contributed by atoms with van der Waals surface area (Å²) in [6, 6.07) is 19.2. The fourth-order valence-electron chi connectivity index (χ4n) is 3.76. The average molecular weight is 428 g/mol. The van der Waals surface area contributed by atoms with Gasteiger partial charge in [-0.05, 0) is 23.8 Å². The number of fused-ring (bicyclic) bond motifs is 1. The van der Waals surface area contributed by atoms with Crippen LogP contribution < -0.4 is 16.0 Å². The smallest absolute Gasteiger partial charge is 0.319 e. The van der Waals surface area contributed by atoms with E-state index >= 15 is 0 Å². The highest BCUT2D eigenvalue weighted by Gasteiger charge is 2.21. The molecule has 2 aromatic carbocycles. The number of carbonyl (C=O) groups is 1. The first-order valence-electron chi connectivity index (χ1n) is 10.6. The van der Waals surface area contributed by atoms with Gasteiger partial charge < -0.3 is 20.7 Å². The Hall–Kier alpha value is -3.75. The number of urea groups is 1. The third-order valence-corrected chi connectivity index (χ3v) is 5.40. The molecule has 1 atom stereocenters. The molecule has 3 N–H and O–H groups in total. The fourth-order valence-corrected chi connectivity index (χ4v) is 3.76. The molecule has 4 aromatic rings. The van der Waals surface area contributed by atoms with E-state index in [-0.39, 0.29) is 12.1 Å². The molecule has 0 bridgehead atoms. The normalized spacial score (nSPS) is 16.1. The molecular weight excluding hydrogens is 404 g/mol. The van der Waals surface area contributed by atoms with Gasteiger partial charge in [-0.25, -0.2) is 14.3 Å². The number of carbonyl (C=O) groups excluding carboxylic acids is 1. The highest BCUT2D eigenvalue weighted by molar-refractivity contribution is 5.89. The standard InChI is InChI=1S/C24H24N6O2/c31-24(27-15-17-4-2-1-3-5-17)28-19-8-6-18(7-9-19)21-14-20(22-16-25-11-13-32-22)23-26-10-12-30(23)29-21/h1-10,12,14,22,25H,11,13,15-16H2,(H2,27,28,31). The molecule has 8 nitrogen and oxygen atoms in total.